The third-order valence-corrected chi connectivity index (χ3v) is 4.28. The van der Waals surface area contributed by atoms with Crippen LogP contribution in [0.1, 0.15) is 18.1 Å². The molecule has 2 rings (SSSR count). The average molecular weight is 248 g/mol. The molecule has 0 radical (unpaired) electrons. The van der Waals surface area contributed by atoms with Gasteiger partial charge in [-0.05, 0) is 23.3 Å². The lowest BCUT2D eigenvalue weighted by molar-refractivity contribution is 0.597. The first-order valence-electron chi connectivity index (χ1n) is 4.69. The van der Waals surface area contributed by atoms with Gasteiger partial charge < -0.3 is 5.32 Å². The predicted octanol–water partition coefficient (Wildman–Crippen LogP) is 1.51. The lowest BCUT2D eigenvalue weighted by Crippen LogP contribution is -2.04. The van der Waals surface area contributed by atoms with E-state index in [2.05, 4.69) is 5.32 Å². The molecule has 0 atom stereocenters. The van der Waals surface area contributed by atoms with E-state index >= 15 is 0 Å². The monoisotopic (exact) mass is 247 g/mol. The Morgan fingerprint density at radius 2 is 1.93 bits per heavy atom. The van der Waals surface area contributed by atoms with Gasteiger partial charge in [0.2, 0.25) is 0 Å². The number of rotatable bonds is 2. The van der Waals surface area contributed by atoms with E-state index in [1.807, 2.05) is 6.07 Å². The van der Waals surface area contributed by atoms with Crippen LogP contribution in [0.5, 0.6) is 0 Å². The van der Waals surface area contributed by atoms with Crippen molar-refractivity contribution in [1.29, 1.82) is 0 Å². The first-order valence-corrected chi connectivity index (χ1v) is 6.34. The number of halogens is 1. The maximum absolute atomic E-state index is 11.6. The Morgan fingerprint density at radius 1 is 1.27 bits per heavy atom. The van der Waals surface area contributed by atoms with Crippen molar-refractivity contribution in [3.05, 3.63) is 29.3 Å². The van der Waals surface area contributed by atoms with Crippen molar-refractivity contribution < 1.29 is 8.42 Å². The van der Waals surface area contributed by atoms with Crippen LogP contribution < -0.4 is 5.32 Å². The third kappa shape index (κ3) is 2.33. The van der Waals surface area contributed by atoms with E-state index in [4.69, 9.17) is 0 Å². The number of hydrogen-bond acceptors (Lipinski definition) is 3. The number of benzene rings is 1. The molecular formula is C10H14ClNO2S. The van der Waals surface area contributed by atoms with Crippen molar-refractivity contribution in [2.75, 3.05) is 5.75 Å². The van der Waals surface area contributed by atoms with Crippen LogP contribution in [0.4, 0.5) is 0 Å². The highest BCUT2D eigenvalue weighted by Gasteiger charge is 2.16. The minimum atomic E-state index is -3.05. The fourth-order valence-electron chi connectivity index (χ4n) is 1.63. The molecule has 1 aliphatic heterocycles. The Labute approximate surface area is 96.2 Å². The van der Waals surface area contributed by atoms with Crippen LogP contribution in [0, 0.1) is 0 Å². The Morgan fingerprint density at radius 3 is 2.60 bits per heavy atom. The molecule has 0 aromatic heterocycles. The summed E-state index contributed by atoms with van der Waals surface area (Å²) in [6.07, 6.45) is 0. The molecular weight excluding hydrogens is 234 g/mol. The standard InChI is InChI=1S/C10H13NO2S.ClH/c1-2-14(12,13)10-4-3-8-6-11-7-9(8)5-10;/h3-5,11H,2,6-7H2,1H3;1H. The average Bonchev–Trinajstić information content (AvgIpc) is 2.64. The van der Waals surface area contributed by atoms with E-state index in [-0.39, 0.29) is 18.2 Å². The Hall–Kier alpha value is -0.580. The lowest BCUT2D eigenvalue weighted by atomic mass is 10.1. The van der Waals surface area contributed by atoms with E-state index in [0.717, 1.165) is 18.7 Å². The molecule has 0 saturated heterocycles. The Bertz CT molecular complexity index is 456. The molecule has 1 heterocycles. The van der Waals surface area contributed by atoms with Crippen molar-refractivity contribution in [2.24, 2.45) is 0 Å². The topological polar surface area (TPSA) is 46.2 Å². The molecule has 0 unspecified atom stereocenters. The third-order valence-electron chi connectivity index (χ3n) is 2.55. The normalized spacial score (nSPS) is 14.5. The second-order valence-corrected chi connectivity index (χ2v) is 5.72. The second-order valence-electron chi connectivity index (χ2n) is 3.44. The summed E-state index contributed by atoms with van der Waals surface area (Å²) in [5.41, 5.74) is 2.32. The maximum atomic E-state index is 11.6. The Kier molecular flexibility index (Phi) is 3.76. The second kappa shape index (κ2) is 4.51. The van der Waals surface area contributed by atoms with Crippen LogP contribution in [-0.2, 0) is 22.9 Å². The summed E-state index contributed by atoms with van der Waals surface area (Å²) in [5, 5.41) is 3.19. The van der Waals surface area contributed by atoms with E-state index in [1.165, 1.54) is 5.56 Å². The molecule has 3 nitrogen and oxygen atoms in total. The smallest absolute Gasteiger partial charge is 0.178 e. The number of sulfone groups is 1. The van der Waals surface area contributed by atoms with Gasteiger partial charge in [-0.1, -0.05) is 13.0 Å². The minimum absolute atomic E-state index is 0. The first kappa shape index (κ1) is 12.5. The zero-order valence-electron chi connectivity index (χ0n) is 8.49. The van der Waals surface area contributed by atoms with E-state index in [9.17, 15) is 8.42 Å². The number of fused-ring (bicyclic) bond motifs is 1. The molecule has 1 aromatic rings. The zero-order chi connectivity index (χ0) is 10.2. The summed E-state index contributed by atoms with van der Waals surface area (Å²) in [5.74, 6) is 0.166. The van der Waals surface area contributed by atoms with Crippen molar-refractivity contribution in [3.63, 3.8) is 0 Å². The van der Waals surface area contributed by atoms with Gasteiger partial charge >= 0.3 is 0 Å². The zero-order valence-corrected chi connectivity index (χ0v) is 10.1. The summed E-state index contributed by atoms with van der Waals surface area (Å²) in [6.45, 7) is 3.30. The number of nitrogens with one attached hydrogen (secondary N) is 1. The van der Waals surface area contributed by atoms with Gasteiger partial charge in [0.25, 0.3) is 0 Å². The largest absolute Gasteiger partial charge is 0.309 e. The molecule has 5 heteroatoms. The molecule has 0 aliphatic carbocycles. The first-order chi connectivity index (χ1) is 6.63. The maximum Gasteiger partial charge on any atom is 0.178 e. The van der Waals surface area contributed by atoms with Gasteiger partial charge in [-0.3, -0.25) is 0 Å². The molecule has 84 valence electrons. The van der Waals surface area contributed by atoms with Crippen molar-refractivity contribution >= 4 is 22.2 Å². The van der Waals surface area contributed by atoms with Gasteiger partial charge in [0.05, 0.1) is 10.6 Å². The molecule has 0 bridgehead atoms. The minimum Gasteiger partial charge on any atom is -0.309 e. The van der Waals surface area contributed by atoms with E-state index in [1.54, 1.807) is 19.1 Å². The molecule has 15 heavy (non-hydrogen) atoms. The summed E-state index contributed by atoms with van der Waals surface area (Å²) >= 11 is 0. The van der Waals surface area contributed by atoms with Gasteiger partial charge in [-0.2, -0.15) is 0 Å². The summed E-state index contributed by atoms with van der Waals surface area (Å²) in [4.78, 5) is 0.447. The van der Waals surface area contributed by atoms with Gasteiger partial charge in [0, 0.05) is 13.1 Å². The molecule has 0 spiro atoms. The molecule has 1 aliphatic rings. The summed E-state index contributed by atoms with van der Waals surface area (Å²) in [7, 11) is -3.05. The highest BCUT2D eigenvalue weighted by molar-refractivity contribution is 7.91. The van der Waals surface area contributed by atoms with Gasteiger partial charge in [0.1, 0.15) is 0 Å². The summed E-state index contributed by atoms with van der Waals surface area (Å²) < 4.78 is 23.2. The number of hydrogen-bond donors (Lipinski definition) is 1. The van der Waals surface area contributed by atoms with Crippen molar-refractivity contribution in [3.8, 4) is 0 Å². The van der Waals surface area contributed by atoms with Crippen molar-refractivity contribution in [1.82, 2.24) is 5.32 Å². The summed E-state index contributed by atoms with van der Waals surface area (Å²) in [6, 6.07) is 5.39. The molecule has 1 aromatic carbocycles. The van der Waals surface area contributed by atoms with Gasteiger partial charge in [0.15, 0.2) is 9.84 Å². The van der Waals surface area contributed by atoms with E-state index < -0.39 is 9.84 Å². The fraction of sp³-hybridized carbons (Fsp3) is 0.400. The predicted molar refractivity (Wildman–Crippen MR) is 62.0 cm³/mol. The van der Waals surface area contributed by atoms with Gasteiger partial charge in [-0.25, -0.2) is 8.42 Å². The van der Waals surface area contributed by atoms with Crippen LogP contribution in [0.2, 0.25) is 0 Å². The van der Waals surface area contributed by atoms with Crippen LogP contribution in [0.25, 0.3) is 0 Å². The van der Waals surface area contributed by atoms with Crippen LogP contribution in [0.3, 0.4) is 0 Å². The van der Waals surface area contributed by atoms with Gasteiger partial charge in [-0.15, -0.1) is 12.4 Å². The van der Waals surface area contributed by atoms with Crippen LogP contribution in [0.15, 0.2) is 23.1 Å². The van der Waals surface area contributed by atoms with E-state index in [0.29, 0.717) is 4.90 Å². The molecule has 0 fully saturated rings. The van der Waals surface area contributed by atoms with Crippen LogP contribution >= 0.6 is 12.4 Å². The molecule has 0 amide bonds. The quantitative estimate of drug-likeness (QED) is 0.862. The Balaban J connectivity index is 0.00000112. The van der Waals surface area contributed by atoms with Crippen molar-refractivity contribution in [2.45, 2.75) is 24.9 Å². The highest BCUT2D eigenvalue weighted by Crippen LogP contribution is 2.20. The fourth-order valence-corrected chi connectivity index (χ4v) is 2.56. The molecule has 0 saturated carbocycles. The lowest BCUT2D eigenvalue weighted by Gasteiger charge is -2.03. The van der Waals surface area contributed by atoms with Crippen LogP contribution in [-0.4, -0.2) is 14.2 Å². The highest BCUT2D eigenvalue weighted by atomic mass is 35.5. The molecule has 1 N–H and O–H groups in total. The SMILES string of the molecule is CCS(=O)(=O)c1ccc2c(c1)CNC2.Cl.